The third-order valence-electron chi connectivity index (χ3n) is 13.9. The van der Waals surface area contributed by atoms with Crippen LogP contribution in [0.2, 0.25) is 0 Å². The summed E-state index contributed by atoms with van der Waals surface area (Å²) in [6, 6.07) is -3.51. The van der Waals surface area contributed by atoms with Crippen LogP contribution in [0.3, 0.4) is 0 Å². The van der Waals surface area contributed by atoms with Crippen molar-refractivity contribution in [3.63, 3.8) is 0 Å². The highest BCUT2D eigenvalue weighted by Crippen LogP contribution is 2.20. The van der Waals surface area contributed by atoms with E-state index in [2.05, 4.69) is 83.1 Å². The SMILES string of the molecule is CC(C)CC(=O)[C@@H](N)CN.CC(C)CC(=O)[C@H](N)CN.CC(C)C[C@@H](C)CC(=O)[C@@H](N)CN.CC(C)C[C@@H](C)CC(=O)[C@@H](N)CN.CC(C)C[C@@H](CC(=O)[C@H](N)CN)C(=O)O.CC(C)C[C@H](C)CC(=O)[C@@H](N)CN.CCC(C)[C@@H](C)CC(=O)[C@@H](N)CN. The molecule has 13 atom stereocenters. The highest BCUT2D eigenvalue weighted by Gasteiger charge is 2.25. The Labute approximate surface area is 529 Å². The van der Waals surface area contributed by atoms with E-state index in [0.717, 1.165) is 25.7 Å². The van der Waals surface area contributed by atoms with Gasteiger partial charge in [-0.1, -0.05) is 131 Å². The van der Waals surface area contributed by atoms with E-state index in [1.165, 1.54) is 0 Å². The summed E-state index contributed by atoms with van der Waals surface area (Å²) in [7, 11) is 0. The fraction of sp³-hybridized carbons (Fsp3) is 0.875. The number of carbonyl (C=O) groups is 8. The van der Waals surface area contributed by atoms with Crippen molar-refractivity contribution in [1.29, 1.82) is 0 Å². The maximum atomic E-state index is 11.4. The van der Waals surface area contributed by atoms with Crippen LogP contribution in [0.25, 0.3) is 0 Å². The number of carboxylic acids is 1. The molecule has 29 N–H and O–H groups in total. The van der Waals surface area contributed by atoms with E-state index >= 15 is 0 Å². The third-order valence-corrected chi connectivity index (χ3v) is 13.9. The van der Waals surface area contributed by atoms with Gasteiger partial charge < -0.3 is 85.4 Å². The summed E-state index contributed by atoms with van der Waals surface area (Å²) in [5.74, 6) is 3.81. The molecule has 0 saturated carbocycles. The first-order valence-corrected chi connectivity index (χ1v) is 32.1. The molecular weight excluding hydrogens is 1110 g/mol. The summed E-state index contributed by atoms with van der Waals surface area (Å²) in [6.45, 7) is 39.0. The van der Waals surface area contributed by atoms with Crippen molar-refractivity contribution in [1.82, 2.24) is 0 Å². The Morgan fingerprint density at radius 1 is 0.276 bits per heavy atom. The standard InChI is InChI=1S/C10H20N2O3.4C10H22N2O.2C7H16N2O/c1-6(2)3-7(10(14)15)4-9(13)8(12)5-11;3*1-7(2)4-8(3)5-10(13)9(12)6-11;1-4-7(2)8(3)5-10(13)9(12)6-11;2*1-5(2)3-7(10)6(9)4-8/h6-8H,3-5,11-12H2,1-2H3,(H,14,15);4*7-9H,4-6,11-12H2,1-3H3;2*5-6H,3-4,8-9H2,1-2H3/t7-,8+;2*8-,9+;8-,9-;7?,8-,9-;2*6-/m0110010/s1. The van der Waals surface area contributed by atoms with Crippen LogP contribution in [0.4, 0.5) is 0 Å². The first kappa shape index (κ1) is 97.2. The molecule has 0 heterocycles. The average Bonchev–Trinajstić information content (AvgIpc) is 3.47. The van der Waals surface area contributed by atoms with Crippen molar-refractivity contribution in [2.45, 2.75) is 244 Å². The summed E-state index contributed by atoms with van der Waals surface area (Å²) < 4.78 is 0. The lowest BCUT2D eigenvalue weighted by molar-refractivity contribution is -0.144. The molecule has 0 aliphatic heterocycles. The molecule has 0 aliphatic carbocycles. The molecular formula is C64H140N14O9. The van der Waals surface area contributed by atoms with Crippen molar-refractivity contribution >= 4 is 46.5 Å². The number of carboxylic acid groups (broad SMARTS) is 1. The molecule has 0 saturated heterocycles. The van der Waals surface area contributed by atoms with E-state index in [1.54, 1.807) is 0 Å². The van der Waals surface area contributed by atoms with Crippen molar-refractivity contribution in [3.05, 3.63) is 0 Å². The Bertz CT molecular complexity index is 1660. The zero-order chi connectivity index (χ0) is 70.0. The number of carbonyl (C=O) groups excluding carboxylic acids is 7. The minimum atomic E-state index is -0.943. The highest BCUT2D eigenvalue weighted by atomic mass is 16.4. The number of ketones is 7. The van der Waals surface area contributed by atoms with Gasteiger partial charge in [-0.3, -0.25) is 38.4 Å². The van der Waals surface area contributed by atoms with Gasteiger partial charge in [-0.2, -0.15) is 0 Å². The van der Waals surface area contributed by atoms with Crippen molar-refractivity contribution in [3.8, 4) is 0 Å². The molecule has 0 aromatic rings. The molecule has 0 aromatic carbocycles. The van der Waals surface area contributed by atoms with Crippen molar-refractivity contribution in [2.75, 3.05) is 45.8 Å². The minimum Gasteiger partial charge on any atom is -0.481 e. The topological polar surface area (TPSA) is 521 Å². The van der Waals surface area contributed by atoms with E-state index in [9.17, 15) is 38.4 Å². The van der Waals surface area contributed by atoms with Crippen LogP contribution in [0.15, 0.2) is 0 Å². The van der Waals surface area contributed by atoms with Gasteiger partial charge in [-0.05, 0) is 90.8 Å². The summed E-state index contributed by atoms with van der Waals surface area (Å²) in [6.07, 6.45) is 8.12. The minimum absolute atomic E-state index is 0.0219. The second-order valence-electron chi connectivity index (χ2n) is 26.6. The van der Waals surface area contributed by atoms with Gasteiger partial charge in [0.1, 0.15) is 0 Å². The van der Waals surface area contributed by atoms with E-state index < -0.39 is 54.2 Å². The van der Waals surface area contributed by atoms with Gasteiger partial charge in [0.05, 0.1) is 48.2 Å². The zero-order valence-electron chi connectivity index (χ0n) is 58.2. The Morgan fingerprint density at radius 2 is 0.471 bits per heavy atom. The van der Waals surface area contributed by atoms with Gasteiger partial charge in [0, 0.05) is 90.8 Å². The largest absolute Gasteiger partial charge is 0.481 e. The molecule has 0 amide bonds. The van der Waals surface area contributed by atoms with Gasteiger partial charge in [-0.15, -0.1) is 0 Å². The summed E-state index contributed by atoms with van der Waals surface area (Å²) in [5, 5.41) is 8.90. The van der Waals surface area contributed by atoms with Crippen LogP contribution in [-0.2, 0) is 38.4 Å². The number of nitrogens with two attached hydrogens (primary N) is 14. The summed E-state index contributed by atoms with van der Waals surface area (Å²) >= 11 is 0. The lowest BCUT2D eigenvalue weighted by Crippen LogP contribution is -2.39. The van der Waals surface area contributed by atoms with Crippen LogP contribution in [0, 0.1) is 71.0 Å². The monoisotopic (exact) mass is 1250 g/mol. The molecule has 0 radical (unpaired) electrons. The fourth-order valence-corrected chi connectivity index (χ4v) is 8.48. The van der Waals surface area contributed by atoms with Crippen LogP contribution in [-0.4, -0.2) is 140 Å². The molecule has 23 nitrogen and oxygen atoms in total. The van der Waals surface area contributed by atoms with Gasteiger partial charge in [0.15, 0.2) is 40.5 Å². The van der Waals surface area contributed by atoms with Crippen LogP contribution >= 0.6 is 0 Å². The molecule has 0 fully saturated rings. The molecule has 0 aromatic heterocycles. The molecule has 0 rings (SSSR count). The Balaban J connectivity index is -0.000000172. The van der Waals surface area contributed by atoms with E-state index in [4.69, 9.17) is 85.4 Å². The van der Waals surface area contributed by atoms with Crippen LogP contribution in [0.1, 0.15) is 202 Å². The first-order chi connectivity index (χ1) is 40.0. The number of rotatable bonds is 39. The van der Waals surface area contributed by atoms with E-state index in [-0.39, 0.29) is 98.6 Å². The summed E-state index contributed by atoms with van der Waals surface area (Å²) in [5.41, 5.74) is 75.2. The average molecular weight is 1250 g/mol. The Morgan fingerprint density at radius 3 is 0.644 bits per heavy atom. The quantitative estimate of drug-likeness (QED) is 0.0419. The Kier molecular flexibility index (Phi) is 65.9. The first-order valence-electron chi connectivity index (χ1n) is 32.1. The number of hydrogen-bond donors (Lipinski definition) is 15. The number of aliphatic carboxylic acids is 1. The highest BCUT2D eigenvalue weighted by molar-refractivity contribution is 5.88. The van der Waals surface area contributed by atoms with Gasteiger partial charge >= 0.3 is 5.97 Å². The number of Topliss-reactive ketones (excluding diaryl/α,β-unsaturated/α-hetero) is 7. The summed E-state index contributed by atoms with van der Waals surface area (Å²) in [4.78, 5) is 89.7. The molecule has 0 aliphatic rings. The van der Waals surface area contributed by atoms with Gasteiger partial charge in [0.25, 0.3) is 0 Å². The van der Waals surface area contributed by atoms with Crippen molar-refractivity contribution < 1.29 is 43.5 Å². The van der Waals surface area contributed by atoms with Crippen molar-refractivity contribution in [2.24, 2.45) is 151 Å². The molecule has 0 bridgehead atoms. The predicted octanol–water partition coefficient (Wildman–Crippen LogP) is 3.41. The molecule has 87 heavy (non-hydrogen) atoms. The Hall–Kier alpha value is -3.40. The molecule has 1 unspecified atom stereocenters. The predicted molar refractivity (Wildman–Crippen MR) is 361 cm³/mol. The zero-order valence-corrected chi connectivity index (χ0v) is 58.2. The van der Waals surface area contributed by atoms with E-state index in [1.807, 2.05) is 41.5 Å². The third kappa shape index (κ3) is 62.6. The second kappa shape index (κ2) is 58.9. The maximum Gasteiger partial charge on any atom is 0.306 e. The number of hydrogen-bond acceptors (Lipinski definition) is 22. The smallest absolute Gasteiger partial charge is 0.306 e. The second-order valence-corrected chi connectivity index (χ2v) is 26.6. The normalized spacial score (nSPS) is 15.5. The van der Waals surface area contributed by atoms with Gasteiger partial charge in [0.2, 0.25) is 0 Å². The van der Waals surface area contributed by atoms with Crippen LogP contribution < -0.4 is 80.3 Å². The lowest BCUT2D eigenvalue weighted by Gasteiger charge is -2.18. The van der Waals surface area contributed by atoms with Crippen LogP contribution in [0.5, 0.6) is 0 Å². The molecule has 0 spiro atoms. The maximum absolute atomic E-state index is 11.4. The molecule has 23 heteroatoms. The van der Waals surface area contributed by atoms with Gasteiger partial charge in [-0.25, -0.2) is 0 Å². The molecule has 520 valence electrons. The lowest BCUT2D eigenvalue weighted by atomic mass is 9.88. The fourth-order valence-electron chi connectivity index (χ4n) is 8.48. The van der Waals surface area contributed by atoms with E-state index in [0.29, 0.717) is 104 Å².